The Bertz CT molecular complexity index is 816. The second-order valence-corrected chi connectivity index (χ2v) is 7.74. The molecule has 0 heterocycles. The number of sulfonamides is 1. The monoisotopic (exact) mass is 379 g/mol. The minimum absolute atomic E-state index is 0.0390. The van der Waals surface area contributed by atoms with Crippen LogP contribution in [0, 0.1) is 0 Å². The topological polar surface area (TPSA) is 73.9 Å². The van der Waals surface area contributed by atoms with Gasteiger partial charge in [-0.05, 0) is 62.2 Å². The Balaban J connectivity index is 1.97. The molecule has 142 valence electrons. The fourth-order valence-electron chi connectivity index (χ4n) is 2.42. The van der Waals surface area contributed by atoms with Gasteiger partial charge in [-0.15, -0.1) is 0 Å². The highest BCUT2D eigenvalue weighted by Gasteiger charge is 2.14. The number of benzene rings is 2. The summed E-state index contributed by atoms with van der Waals surface area (Å²) in [4.78, 5) is 0.209. The normalized spacial score (nSPS) is 11.4. The third-order valence-electron chi connectivity index (χ3n) is 3.66. The molecule has 0 aliphatic heterocycles. The maximum atomic E-state index is 12.4. The van der Waals surface area contributed by atoms with Crippen LogP contribution in [-0.4, -0.2) is 35.3 Å². The molecule has 0 fully saturated rings. The zero-order valence-electron chi connectivity index (χ0n) is 15.5. The quantitative estimate of drug-likeness (QED) is 0.725. The number of ether oxygens (including phenoxy) is 3. The van der Waals surface area contributed by atoms with Crippen LogP contribution in [0.3, 0.4) is 0 Å². The van der Waals surface area contributed by atoms with E-state index in [0.29, 0.717) is 23.7 Å². The van der Waals surface area contributed by atoms with E-state index in [9.17, 15) is 8.42 Å². The smallest absolute Gasteiger partial charge is 0.240 e. The molecule has 26 heavy (non-hydrogen) atoms. The van der Waals surface area contributed by atoms with E-state index in [1.807, 2.05) is 26.0 Å². The standard InChI is InChI=1S/C19H25NO5S/c1-14(2)25-16-6-8-17(9-7-16)26(21,22)20-12-11-15-5-10-18(23-3)19(13-15)24-4/h5-10,13-14,20H,11-12H2,1-4H3. The van der Waals surface area contributed by atoms with E-state index in [4.69, 9.17) is 14.2 Å². The largest absolute Gasteiger partial charge is 0.493 e. The highest BCUT2D eigenvalue weighted by atomic mass is 32.2. The van der Waals surface area contributed by atoms with E-state index < -0.39 is 10.0 Å². The van der Waals surface area contributed by atoms with Crippen molar-refractivity contribution in [2.45, 2.75) is 31.3 Å². The number of methoxy groups -OCH3 is 2. The van der Waals surface area contributed by atoms with Gasteiger partial charge in [0.1, 0.15) is 5.75 Å². The molecule has 6 nitrogen and oxygen atoms in total. The van der Waals surface area contributed by atoms with Crippen molar-refractivity contribution < 1.29 is 22.6 Å². The Morgan fingerprint density at radius 3 is 2.19 bits per heavy atom. The van der Waals surface area contributed by atoms with E-state index >= 15 is 0 Å². The predicted molar refractivity (Wildman–Crippen MR) is 101 cm³/mol. The first-order valence-corrected chi connectivity index (χ1v) is 9.81. The summed E-state index contributed by atoms with van der Waals surface area (Å²) in [7, 11) is -0.427. The Labute approximate surface area is 155 Å². The zero-order chi connectivity index (χ0) is 19.2. The summed E-state index contributed by atoms with van der Waals surface area (Å²) in [5.41, 5.74) is 0.950. The molecule has 2 rings (SSSR count). The van der Waals surface area contributed by atoms with Gasteiger partial charge in [-0.1, -0.05) is 6.07 Å². The van der Waals surface area contributed by atoms with E-state index in [0.717, 1.165) is 5.56 Å². The molecule has 0 saturated heterocycles. The zero-order valence-corrected chi connectivity index (χ0v) is 16.3. The van der Waals surface area contributed by atoms with E-state index in [1.165, 1.54) is 12.1 Å². The van der Waals surface area contributed by atoms with Crippen molar-refractivity contribution in [2.75, 3.05) is 20.8 Å². The van der Waals surface area contributed by atoms with Gasteiger partial charge in [-0.3, -0.25) is 0 Å². The van der Waals surface area contributed by atoms with E-state index in [-0.39, 0.29) is 17.5 Å². The SMILES string of the molecule is COc1ccc(CCNS(=O)(=O)c2ccc(OC(C)C)cc2)cc1OC. The van der Waals surface area contributed by atoms with Crippen LogP contribution in [0.15, 0.2) is 47.4 Å². The van der Waals surface area contributed by atoms with E-state index in [1.54, 1.807) is 32.4 Å². The third-order valence-corrected chi connectivity index (χ3v) is 5.14. The highest BCUT2D eigenvalue weighted by Crippen LogP contribution is 2.27. The van der Waals surface area contributed by atoms with Crippen LogP contribution in [0.1, 0.15) is 19.4 Å². The lowest BCUT2D eigenvalue weighted by atomic mass is 10.1. The predicted octanol–water partition coefficient (Wildman–Crippen LogP) is 3.01. The van der Waals surface area contributed by atoms with Crippen molar-refractivity contribution in [1.29, 1.82) is 0 Å². The molecule has 0 amide bonds. The average molecular weight is 379 g/mol. The molecular weight excluding hydrogens is 354 g/mol. The van der Waals surface area contributed by atoms with Crippen molar-refractivity contribution in [3.8, 4) is 17.2 Å². The molecule has 0 spiro atoms. The van der Waals surface area contributed by atoms with Crippen molar-refractivity contribution >= 4 is 10.0 Å². The van der Waals surface area contributed by atoms with Gasteiger partial charge in [0, 0.05) is 6.54 Å². The van der Waals surface area contributed by atoms with Gasteiger partial charge in [-0.25, -0.2) is 13.1 Å². The summed E-state index contributed by atoms with van der Waals surface area (Å²) in [6.45, 7) is 4.11. The van der Waals surface area contributed by atoms with Crippen molar-refractivity contribution in [3.63, 3.8) is 0 Å². The van der Waals surface area contributed by atoms with Crippen LogP contribution in [-0.2, 0) is 16.4 Å². The molecule has 0 radical (unpaired) electrons. The molecule has 0 aliphatic rings. The number of nitrogens with one attached hydrogen (secondary N) is 1. The molecular formula is C19H25NO5S. The minimum Gasteiger partial charge on any atom is -0.493 e. The van der Waals surface area contributed by atoms with E-state index in [2.05, 4.69) is 4.72 Å². The van der Waals surface area contributed by atoms with Gasteiger partial charge in [0.2, 0.25) is 10.0 Å². The van der Waals surface area contributed by atoms with Crippen LogP contribution in [0.2, 0.25) is 0 Å². The summed E-state index contributed by atoms with van der Waals surface area (Å²) < 4.78 is 43.4. The number of hydrogen-bond donors (Lipinski definition) is 1. The lowest BCUT2D eigenvalue weighted by Crippen LogP contribution is -2.26. The van der Waals surface area contributed by atoms with Gasteiger partial charge in [0.25, 0.3) is 0 Å². The van der Waals surface area contributed by atoms with Crippen LogP contribution in [0.5, 0.6) is 17.2 Å². The molecule has 0 aromatic heterocycles. The maximum absolute atomic E-state index is 12.4. The van der Waals surface area contributed by atoms with Gasteiger partial charge < -0.3 is 14.2 Å². The minimum atomic E-state index is -3.57. The summed E-state index contributed by atoms with van der Waals surface area (Å²) in [5.74, 6) is 1.90. The third kappa shape index (κ3) is 5.37. The van der Waals surface area contributed by atoms with Gasteiger partial charge in [0.15, 0.2) is 11.5 Å². The summed E-state index contributed by atoms with van der Waals surface area (Å²) in [6, 6.07) is 11.9. The van der Waals surface area contributed by atoms with Gasteiger partial charge in [-0.2, -0.15) is 0 Å². The Morgan fingerprint density at radius 1 is 0.962 bits per heavy atom. The fraction of sp³-hybridized carbons (Fsp3) is 0.368. The molecule has 1 N–H and O–H groups in total. The van der Waals surface area contributed by atoms with Crippen LogP contribution >= 0.6 is 0 Å². The second-order valence-electron chi connectivity index (χ2n) is 5.98. The first kappa shape index (κ1) is 20.1. The van der Waals surface area contributed by atoms with Gasteiger partial charge >= 0.3 is 0 Å². The lowest BCUT2D eigenvalue weighted by molar-refractivity contribution is 0.242. The molecule has 0 atom stereocenters. The molecule has 0 unspecified atom stereocenters. The first-order valence-electron chi connectivity index (χ1n) is 8.33. The lowest BCUT2D eigenvalue weighted by Gasteiger charge is -2.12. The Morgan fingerprint density at radius 2 is 1.62 bits per heavy atom. The maximum Gasteiger partial charge on any atom is 0.240 e. The first-order chi connectivity index (χ1) is 12.4. The van der Waals surface area contributed by atoms with Crippen molar-refractivity contribution in [1.82, 2.24) is 4.72 Å². The van der Waals surface area contributed by atoms with Crippen molar-refractivity contribution in [3.05, 3.63) is 48.0 Å². The molecule has 2 aromatic rings. The molecule has 2 aromatic carbocycles. The number of hydrogen-bond acceptors (Lipinski definition) is 5. The van der Waals surface area contributed by atoms with Crippen LogP contribution in [0.25, 0.3) is 0 Å². The molecule has 7 heteroatoms. The Kier molecular flexibility index (Phi) is 6.88. The fourth-order valence-corrected chi connectivity index (χ4v) is 3.45. The molecule has 0 saturated carbocycles. The molecule has 0 aliphatic carbocycles. The summed E-state index contributed by atoms with van der Waals surface area (Å²) in [5, 5.41) is 0. The number of rotatable bonds is 9. The average Bonchev–Trinajstić information content (AvgIpc) is 2.61. The molecule has 0 bridgehead atoms. The van der Waals surface area contributed by atoms with Crippen molar-refractivity contribution in [2.24, 2.45) is 0 Å². The van der Waals surface area contributed by atoms with Crippen LogP contribution in [0.4, 0.5) is 0 Å². The second kappa shape index (κ2) is 8.91. The highest BCUT2D eigenvalue weighted by molar-refractivity contribution is 7.89. The van der Waals surface area contributed by atoms with Crippen LogP contribution < -0.4 is 18.9 Å². The van der Waals surface area contributed by atoms with Gasteiger partial charge in [0.05, 0.1) is 25.2 Å². The summed E-state index contributed by atoms with van der Waals surface area (Å²) >= 11 is 0. The Hall–Kier alpha value is -2.25. The summed E-state index contributed by atoms with van der Waals surface area (Å²) in [6.07, 6.45) is 0.575.